The maximum atomic E-state index is 11.7. The molecule has 0 radical (unpaired) electrons. The van der Waals surface area contributed by atoms with Crippen LogP contribution in [0.3, 0.4) is 0 Å². The number of hydrogen-bond donors (Lipinski definition) is 0. The van der Waals surface area contributed by atoms with Gasteiger partial charge in [0.05, 0.1) is 30.9 Å². The van der Waals surface area contributed by atoms with Crippen molar-refractivity contribution >= 4 is 43.3 Å². The number of nitrogens with zero attached hydrogens (tertiary/aromatic N) is 1. The molecule has 0 aliphatic heterocycles. The third-order valence-corrected chi connectivity index (χ3v) is 5.62. The average Bonchev–Trinajstić information content (AvgIpc) is 2.26. The van der Waals surface area contributed by atoms with Gasteiger partial charge < -0.3 is 4.74 Å². The number of carbonyl (C=O) groups excluding carboxylic acids is 1. The summed E-state index contributed by atoms with van der Waals surface area (Å²) in [5, 5.41) is 0.135. The van der Waals surface area contributed by atoms with Crippen LogP contribution < -0.4 is 3.71 Å². The van der Waals surface area contributed by atoms with Gasteiger partial charge in [-0.15, -0.1) is 0 Å². The zero-order chi connectivity index (χ0) is 15.7. The number of sulfonamides is 2. The van der Waals surface area contributed by atoms with E-state index < -0.39 is 26.0 Å². The van der Waals surface area contributed by atoms with E-state index in [0.717, 1.165) is 19.2 Å². The quantitative estimate of drug-likeness (QED) is 0.753. The van der Waals surface area contributed by atoms with Crippen LogP contribution in [0.1, 0.15) is 10.4 Å². The third-order valence-electron chi connectivity index (χ3n) is 2.16. The lowest BCUT2D eigenvalue weighted by molar-refractivity contribution is 0.0602. The van der Waals surface area contributed by atoms with Crippen LogP contribution in [0.4, 0.5) is 5.69 Å². The number of halogens is 1. The number of carbonyl (C=O) groups is 1. The molecule has 0 unspecified atom stereocenters. The first-order valence-electron chi connectivity index (χ1n) is 5.07. The molecule has 0 bridgehead atoms. The molecule has 0 aliphatic rings. The van der Waals surface area contributed by atoms with Gasteiger partial charge in [-0.25, -0.2) is 21.6 Å². The summed E-state index contributed by atoms with van der Waals surface area (Å²) in [7, 11) is -7.23. The van der Waals surface area contributed by atoms with E-state index in [2.05, 4.69) is 4.74 Å². The van der Waals surface area contributed by atoms with E-state index in [1.807, 2.05) is 0 Å². The summed E-state index contributed by atoms with van der Waals surface area (Å²) in [4.78, 5) is 11.6. The fourth-order valence-electron chi connectivity index (χ4n) is 1.54. The number of anilines is 1. The molecule has 1 aromatic carbocycles. The van der Waals surface area contributed by atoms with Gasteiger partial charge >= 0.3 is 5.97 Å². The molecule has 0 aliphatic carbocycles. The molecule has 20 heavy (non-hydrogen) atoms. The van der Waals surface area contributed by atoms with Gasteiger partial charge in [0.1, 0.15) is 0 Å². The van der Waals surface area contributed by atoms with Gasteiger partial charge in [0.25, 0.3) is 0 Å². The molecule has 0 aromatic heterocycles. The minimum atomic E-state index is -4.16. The summed E-state index contributed by atoms with van der Waals surface area (Å²) in [6.07, 6.45) is 1.42. The lowest BCUT2D eigenvalue weighted by atomic mass is 10.2. The third kappa shape index (κ3) is 3.62. The van der Waals surface area contributed by atoms with E-state index in [4.69, 9.17) is 11.6 Å². The number of rotatable bonds is 4. The molecule has 0 fully saturated rings. The highest BCUT2D eigenvalue weighted by Crippen LogP contribution is 2.28. The second-order valence-corrected chi connectivity index (χ2v) is 8.21. The van der Waals surface area contributed by atoms with Crippen molar-refractivity contribution < 1.29 is 26.4 Å². The van der Waals surface area contributed by atoms with Gasteiger partial charge in [0.2, 0.25) is 20.0 Å². The van der Waals surface area contributed by atoms with Crippen molar-refractivity contribution in [2.24, 2.45) is 0 Å². The van der Waals surface area contributed by atoms with Crippen molar-refractivity contribution in [1.29, 1.82) is 0 Å². The van der Waals surface area contributed by atoms with Gasteiger partial charge in [-0.2, -0.15) is 3.71 Å². The number of methoxy groups -OCH3 is 1. The first-order valence-corrected chi connectivity index (χ1v) is 9.14. The molecule has 0 N–H and O–H groups in total. The Kier molecular flexibility index (Phi) is 4.67. The number of esters is 1. The smallest absolute Gasteiger partial charge is 0.340 e. The molecule has 0 amide bonds. The molecule has 1 rings (SSSR count). The predicted molar refractivity (Wildman–Crippen MR) is 75.0 cm³/mol. The van der Waals surface area contributed by atoms with E-state index >= 15 is 0 Å². The molecule has 0 spiro atoms. The predicted octanol–water partition coefficient (Wildman–Crippen LogP) is 0.852. The molecule has 1 aromatic rings. The van der Waals surface area contributed by atoms with Crippen LogP contribution in [-0.4, -0.2) is 42.4 Å². The summed E-state index contributed by atoms with van der Waals surface area (Å²) in [6.45, 7) is 0. The Morgan fingerprint density at radius 2 is 1.65 bits per heavy atom. The fraction of sp³-hybridized carbons (Fsp3) is 0.300. The van der Waals surface area contributed by atoms with Crippen LogP contribution >= 0.6 is 11.6 Å². The van der Waals surface area contributed by atoms with Crippen LogP contribution in [0.2, 0.25) is 5.02 Å². The highest BCUT2D eigenvalue weighted by atomic mass is 35.5. The lowest BCUT2D eigenvalue weighted by Gasteiger charge is -2.21. The second kappa shape index (κ2) is 5.58. The van der Waals surface area contributed by atoms with Gasteiger partial charge in [-0.05, 0) is 18.2 Å². The van der Waals surface area contributed by atoms with Crippen molar-refractivity contribution in [2.75, 3.05) is 23.3 Å². The van der Waals surface area contributed by atoms with E-state index in [9.17, 15) is 21.6 Å². The average molecular weight is 342 g/mol. The van der Waals surface area contributed by atoms with Gasteiger partial charge in [0.15, 0.2) is 0 Å². The number of benzene rings is 1. The van der Waals surface area contributed by atoms with Crippen molar-refractivity contribution in [3.8, 4) is 0 Å². The summed E-state index contributed by atoms with van der Waals surface area (Å²) in [5.41, 5.74) is -0.609. The minimum absolute atomic E-state index is 0.135. The number of hydrogen-bond acceptors (Lipinski definition) is 6. The van der Waals surface area contributed by atoms with E-state index in [-0.39, 0.29) is 20.0 Å². The normalized spacial score (nSPS) is 12.0. The molecular weight excluding hydrogens is 330 g/mol. The first-order chi connectivity index (χ1) is 8.98. The number of ether oxygens (including phenoxy) is 1. The van der Waals surface area contributed by atoms with Crippen LogP contribution in [0.25, 0.3) is 0 Å². The topological polar surface area (TPSA) is 97.8 Å². The first kappa shape index (κ1) is 16.7. The maximum absolute atomic E-state index is 11.7. The molecule has 0 saturated carbocycles. The minimum Gasteiger partial charge on any atom is -0.465 e. The van der Waals surface area contributed by atoms with Crippen molar-refractivity contribution in [3.63, 3.8) is 0 Å². The molecular formula is C10H12ClNO6S2. The molecule has 0 saturated heterocycles. The highest BCUT2D eigenvalue weighted by molar-refractivity contribution is 8.09. The standard InChI is InChI=1S/C10H12ClNO6S2/c1-18-10(13)8-6-7(11)4-5-9(8)12(19(2,14)15)20(3,16)17/h4-6H,1-3H3. The Bertz CT molecular complexity index is 709. The van der Waals surface area contributed by atoms with Crippen molar-refractivity contribution in [1.82, 2.24) is 0 Å². The van der Waals surface area contributed by atoms with Crippen LogP contribution in [0.15, 0.2) is 18.2 Å². The fourth-order valence-corrected chi connectivity index (χ4v) is 4.72. The zero-order valence-corrected chi connectivity index (χ0v) is 13.2. The van der Waals surface area contributed by atoms with E-state index in [1.54, 1.807) is 0 Å². The monoisotopic (exact) mass is 341 g/mol. The summed E-state index contributed by atoms with van der Waals surface area (Å²) >= 11 is 5.73. The van der Waals surface area contributed by atoms with Crippen molar-refractivity contribution in [2.45, 2.75) is 0 Å². The van der Waals surface area contributed by atoms with E-state index in [1.165, 1.54) is 6.07 Å². The Balaban J connectivity index is 3.71. The van der Waals surface area contributed by atoms with Crippen LogP contribution in [0, 0.1) is 0 Å². The van der Waals surface area contributed by atoms with Crippen LogP contribution in [-0.2, 0) is 24.8 Å². The van der Waals surface area contributed by atoms with Gasteiger partial charge in [-0.1, -0.05) is 11.6 Å². The molecule has 0 atom stereocenters. The Hall–Kier alpha value is -1.32. The molecule has 112 valence electrons. The summed E-state index contributed by atoms with van der Waals surface area (Å²) in [5.74, 6) is -0.903. The van der Waals surface area contributed by atoms with Gasteiger partial charge in [-0.3, -0.25) is 0 Å². The zero-order valence-electron chi connectivity index (χ0n) is 10.8. The van der Waals surface area contributed by atoms with Crippen LogP contribution in [0.5, 0.6) is 0 Å². The van der Waals surface area contributed by atoms with Crippen molar-refractivity contribution in [3.05, 3.63) is 28.8 Å². The van der Waals surface area contributed by atoms with E-state index in [0.29, 0.717) is 12.5 Å². The lowest BCUT2D eigenvalue weighted by Crippen LogP contribution is -2.36. The Morgan fingerprint density at radius 3 is 2.05 bits per heavy atom. The SMILES string of the molecule is COC(=O)c1cc(Cl)ccc1N(S(C)(=O)=O)S(C)(=O)=O. The molecule has 7 nitrogen and oxygen atoms in total. The highest BCUT2D eigenvalue weighted by Gasteiger charge is 2.31. The second-order valence-electron chi connectivity index (χ2n) is 3.88. The molecule has 10 heteroatoms. The summed E-state index contributed by atoms with van der Waals surface area (Å²) < 4.78 is 51.4. The Morgan fingerprint density at radius 1 is 1.15 bits per heavy atom. The summed E-state index contributed by atoms with van der Waals surface area (Å²) in [6, 6.07) is 3.52. The maximum Gasteiger partial charge on any atom is 0.340 e. The van der Waals surface area contributed by atoms with Gasteiger partial charge in [0, 0.05) is 5.02 Å². The Labute approximate surface area is 122 Å². The molecule has 0 heterocycles. The largest absolute Gasteiger partial charge is 0.465 e.